The van der Waals surface area contributed by atoms with Crippen molar-refractivity contribution in [1.29, 1.82) is 0 Å². The molecule has 2 aliphatic heterocycles. The molecule has 9 heteroatoms. The smallest absolute Gasteiger partial charge is 0.338 e. The number of alkyl halides is 3. The van der Waals surface area contributed by atoms with E-state index in [1.165, 1.54) is 18.2 Å². The Kier molecular flexibility index (Phi) is 5.23. The molecule has 4 rings (SSSR count). The number of carbonyl (C=O) groups is 3. The quantitative estimate of drug-likeness (QED) is 0.760. The Balaban J connectivity index is 1.59. The highest BCUT2D eigenvalue weighted by molar-refractivity contribution is 6.10. The average Bonchev–Trinajstić information content (AvgIpc) is 2.99. The van der Waals surface area contributed by atoms with Gasteiger partial charge in [-0.1, -0.05) is 43.2 Å². The Labute approximate surface area is 172 Å². The van der Waals surface area contributed by atoms with E-state index < -0.39 is 36.1 Å². The van der Waals surface area contributed by atoms with E-state index in [4.69, 9.17) is 0 Å². The van der Waals surface area contributed by atoms with Crippen molar-refractivity contribution in [3.63, 3.8) is 0 Å². The third kappa shape index (κ3) is 3.24. The van der Waals surface area contributed by atoms with Gasteiger partial charge in [-0.2, -0.15) is 13.2 Å². The Hall–Kier alpha value is -2.58. The highest BCUT2D eigenvalue weighted by atomic mass is 19.4. The lowest BCUT2D eigenvalue weighted by molar-refractivity contribution is -0.198. The number of carbonyl (C=O) groups excluding carboxylic acids is 3. The summed E-state index contributed by atoms with van der Waals surface area (Å²) >= 11 is 0. The molecule has 4 amide bonds. The van der Waals surface area contributed by atoms with Gasteiger partial charge in [0.15, 0.2) is 0 Å². The highest BCUT2D eigenvalue weighted by Crippen LogP contribution is 2.43. The number of hydrogen-bond donors (Lipinski definition) is 1. The summed E-state index contributed by atoms with van der Waals surface area (Å²) in [6.07, 6.45) is 0.793. The van der Waals surface area contributed by atoms with Gasteiger partial charge in [0.05, 0.1) is 0 Å². The van der Waals surface area contributed by atoms with E-state index in [0.717, 1.165) is 50.7 Å². The molecule has 30 heavy (non-hydrogen) atoms. The molecule has 3 atom stereocenters. The van der Waals surface area contributed by atoms with Crippen LogP contribution in [0, 0.1) is 5.92 Å². The topological polar surface area (TPSA) is 69.7 Å². The van der Waals surface area contributed by atoms with Crippen LogP contribution in [-0.4, -0.2) is 53.0 Å². The number of benzene rings is 1. The van der Waals surface area contributed by atoms with E-state index in [1.54, 1.807) is 4.90 Å². The first-order valence-electron chi connectivity index (χ1n) is 10.3. The van der Waals surface area contributed by atoms with Gasteiger partial charge in [0.25, 0.3) is 5.91 Å². The zero-order valence-corrected chi connectivity index (χ0v) is 16.5. The van der Waals surface area contributed by atoms with Crippen LogP contribution in [0.3, 0.4) is 0 Å². The Bertz CT molecular complexity index is 843. The molecule has 1 aromatic carbocycles. The van der Waals surface area contributed by atoms with Gasteiger partial charge in [0.2, 0.25) is 11.4 Å². The van der Waals surface area contributed by atoms with E-state index >= 15 is 0 Å². The standard InChI is InChI=1S/C21H24F3N3O3/c22-21(23,24)20(15-9-2-1-3-10-15)18(29)27(19(30)25-20)13-17(28)26-12-6-8-14-7-4-5-11-16(14)26/h1-3,9-10,14,16H,4-8,11-13H2,(H,25,30). The first-order valence-corrected chi connectivity index (χ1v) is 10.3. The summed E-state index contributed by atoms with van der Waals surface area (Å²) in [5, 5.41) is 1.83. The van der Waals surface area contributed by atoms with Crippen LogP contribution in [-0.2, 0) is 15.1 Å². The maximum absolute atomic E-state index is 14.1. The lowest BCUT2D eigenvalue weighted by Gasteiger charge is -2.44. The molecule has 6 nitrogen and oxygen atoms in total. The molecule has 0 spiro atoms. The fraction of sp³-hybridized carbons (Fsp3) is 0.571. The molecule has 3 fully saturated rings. The predicted molar refractivity (Wildman–Crippen MR) is 101 cm³/mol. The molecular weight excluding hydrogens is 399 g/mol. The van der Waals surface area contributed by atoms with E-state index in [1.807, 2.05) is 5.32 Å². The minimum Gasteiger partial charge on any atom is -0.338 e. The summed E-state index contributed by atoms with van der Waals surface area (Å²) in [7, 11) is 0. The van der Waals surface area contributed by atoms with Crippen molar-refractivity contribution in [2.45, 2.75) is 56.3 Å². The van der Waals surface area contributed by atoms with E-state index in [0.29, 0.717) is 17.4 Å². The molecule has 162 valence electrons. The zero-order chi connectivity index (χ0) is 21.5. The van der Waals surface area contributed by atoms with Crippen LogP contribution in [0.5, 0.6) is 0 Å². The summed E-state index contributed by atoms with van der Waals surface area (Å²) < 4.78 is 42.2. The van der Waals surface area contributed by atoms with Crippen molar-refractivity contribution in [3.05, 3.63) is 35.9 Å². The number of nitrogens with one attached hydrogen (secondary N) is 1. The minimum atomic E-state index is -5.06. The second kappa shape index (κ2) is 7.59. The molecular formula is C21H24F3N3O3. The van der Waals surface area contributed by atoms with Crippen molar-refractivity contribution in [1.82, 2.24) is 15.1 Å². The van der Waals surface area contributed by atoms with Gasteiger partial charge in [-0.05, 0) is 37.2 Å². The van der Waals surface area contributed by atoms with Gasteiger partial charge in [-0.3, -0.25) is 14.5 Å². The molecule has 1 saturated carbocycles. The number of halogens is 3. The Morgan fingerprint density at radius 2 is 1.73 bits per heavy atom. The number of hydrogen-bond acceptors (Lipinski definition) is 3. The van der Waals surface area contributed by atoms with Crippen molar-refractivity contribution in [3.8, 4) is 0 Å². The van der Waals surface area contributed by atoms with Gasteiger partial charge in [0, 0.05) is 12.6 Å². The number of nitrogens with zero attached hydrogens (tertiary/aromatic N) is 2. The maximum Gasteiger partial charge on any atom is 0.425 e. The summed E-state index contributed by atoms with van der Waals surface area (Å²) in [4.78, 5) is 40.4. The maximum atomic E-state index is 14.1. The molecule has 3 unspecified atom stereocenters. The lowest BCUT2D eigenvalue weighted by Crippen LogP contribution is -2.56. The summed E-state index contributed by atoms with van der Waals surface area (Å²) in [6.45, 7) is -0.175. The number of rotatable bonds is 3. The number of amides is 4. The average molecular weight is 423 g/mol. The largest absolute Gasteiger partial charge is 0.425 e. The van der Waals surface area contributed by atoms with Crippen LogP contribution in [0.1, 0.15) is 44.1 Å². The third-order valence-corrected chi connectivity index (χ3v) is 6.59. The van der Waals surface area contributed by atoms with E-state index in [2.05, 4.69) is 0 Å². The first-order chi connectivity index (χ1) is 14.3. The summed E-state index contributed by atoms with van der Waals surface area (Å²) in [5.74, 6) is -1.55. The fourth-order valence-electron chi connectivity index (χ4n) is 5.12. The van der Waals surface area contributed by atoms with Gasteiger partial charge >= 0.3 is 12.2 Å². The molecule has 2 saturated heterocycles. The highest BCUT2D eigenvalue weighted by Gasteiger charge is 2.68. The van der Waals surface area contributed by atoms with Crippen LogP contribution in [0.15, 0.2) is 30.3 Å². The van der Waals surface area contributed by atoms with Crippen LogP contribution in [0.25, 0.3) is 0 Å². The minimum absolute atomic E-state index is 0.0438. The number of urea groups is 1. The lowest BCUT2D eigenvalue weighted by atomic mass is 9.78. The van der Waals surface area contributed by atoms with Crippen LogP contribution in [0.2, 0.25) is 0 Å². The van der Waals surface area contributed by atoms with Gasteiger partial charge < -0.3 is 10.2 Å². The van der Waals surface area contributed by atoms with Crippen LogP contribution < -0.4 is 5.32 Å². The number of fused-ring (bicyclic) bond motifs is 1. The van der Waals surface area contributed by atoms with Gasteiger partial charge in [0.1, 0.15) is 6.54 Å². The van der Waals surface area contributed by atoms with E-state index in [-0.39, 0.29) is 11.6 Å². The Morgan fingerprint density at radius 3 is 2.43 bits per heavy atom. The third-order valence-electron chi connectivity index (χ3n) is 6.59. The molecule has 1 aromatic rings. The Morgan fingerprint density at radius 1 is 1.07 bits per heavy atom. The molecule has 0 bridgehead atoms. The van der Waals surface area contributed by atoms with Crippen molar-refractivity contribution >= 4 is 17.8 Å². The van der Waals surface area contributed by atoms with Crippen molar-refractivity contribution in [2.24, 2.45) is 5.92 Å². The van der Waals surface area contributed by atoms with E-state index in [9.17, 15) is 27.6 Å². The van der Waals surface area contributed by atoms with Crippen LogP contribution in [0.4, 0.5) is 18.0 Å². The van der Waals surface area contributed by atoms with Crippen molar-refractivity contribution < 1.29 is 27.6 Å². The second-order valence-electron chi connectivity index (χ2n) is 8.28. The summed E-state index contributed by atoms with van der Waals surface area (Å²) in [6, 6.07) is 5.39. The number of piperidine rings is 1. The van der Waals surface area contributed by atoms with Crippen LogP contribution >= 0.6 is 0 Å². The number of likely N-dealkylation sites (tertiary alicyclic amines) is 1. The van der Waals surface area contributed by atoms with Gasteiger partial charge in [-0.15, -0.1) is 0 Å². The van der Waals surface area contributed by atoms with Crippen molar-refractivity contribution in [2.75, 3.05) is 13.1 Å². The molecule has 3 aliphatic rings. The second-order valence-corrected chi connectivity index (χ2v) is 8.28. The predicted octanol–water partition coefficient (Wildman–Crippen LogP) is 3.18. The monoisotopic (exact) mass is 423 g/mol. The molecule has 2 heterocycles. The normalized spacial score (nSPS) is 29.6. The molecule has 1 N–H and O–H groups in total. The molecule has 0 radical (unpaired) electrons. The fourth-order valence-corrected chi connectivity index (χ4v) is 5.12. The number of imide groups is 1. The zero-order valence-electron chi connectivity index (χ0n) is 16.5. The molecule has 1 aliphatic carbocycles. The molecule has 0 aromatic heterocycles. The first kappa shape index (κ1) is 20.7. The van der Waals surface area contributed by atoms with Gasteiger partial charge in [-0.25, -0.2) is 4.79 Å². The summed E-state index contributed by atoms with van der Waals surface area (Å²) in [5.41, 5.74) is -3.56. The SMILES string of the molecule is O=C1NC(c2ccccc2)(C(F)(F)F)C(=O)N1CC(=O)N1CCCC2CCCCC21.